The van der Waals surface area contributed by atoms with Crippen molar-refractivity contribution < 1.29 is 0 Å². The molecule has 2 unspecified atom stereocenters. The van der Waals surface area contributed by atoms with Crippen LogP contribution in [0.5, 0.6) is 0 Å². The average Bonchev–Trinajstić information content (AvgIpc) is 2.24. The van der Waals surface area contributed by atoms with Crippen LogP contribution in [0.15, 0.2) is 12.2 Å². The van der Waals surface area contributed by atoms with Gasteiger partial charge in [0, 0.05) is 0 Å². The molecule has 0 N–H and O–H groups in total. The van der Waals surface area contributed by atoms with Crippen LogP contribution in [-0.2, 0) is 0 Å². The zero-order valence-electron chi connectivity index (χ0n) is 9.97. The van der Waals surface area contributed by atoms with Gasteiger partial charge in [-0.25, -0.2) is 0 Å². The highest BCUT2D eigenvalue weighted by Gasteiger charge is 2.20. The predicted octanol–water partition coefficient (Wildman–Crippen LogP) is 4.95. The third-order valence-electron chi connectivity index (χ3n) is 3.51. The smallest absolute Gasteiger partial charge is 0.0205 e. The summed E-state index contributed by atoms with van der Waals surface area (Å²) in [4.78, 5) is 0. The highest BCUT2D eigenvalue weighted by Crippen LogP contribution is 2.32. The Hall–Kier alpha value is -0.260. The quantitative estimate of drug-likeness (QED) is 0.525. The standard InChI is InChI=1S/C14H26/c1-3-5-9-13-11-7-8-12-14(13)10-6-4-2/h7,11,13-14H,3-6,8-10,12H2,1-2H3. The lowest BCUT2D eigenvalue weighted by Gasteiger charge is -2.27. The van der Waals surface area contributed by atoms with Crippen LogP contribution in [-0.4, -0.2) is 0 Å². The zero-order valence-corrected chi connectivity index (χ0v) is 9.97. The van der Waals surface area contributed by atoms with Gasteiger partial charge in [0.25, 0.3) is 0 Å². The van der Waals surface area contributed by atoms with Crippen molar-refractivity contribution in [1.82, 2.24) is 0 Å². The summed E-state index contributed by atoms with van der Waals surface area (Å²) in [5.41, 5.74) is 0. The maximum Gasteiger partial charge on any atom is -0.0205 e. The Balaban J connectivity index is 2.33. The topological polar surface area (TPSA) is 0 Å². The van der Waals surface area contributed by atoms with Crippen molar-refractivity contribution in [2.45, 2.75) is 65.2 Å². The van der Waals surface area contributed by atoms with E-state index in [1.807, 2.05) is 0 Å². The molecule has 0 aliphatic heterocycles. The van der Waals surface area contributed by atoms with E-state index in [2.05, 4.69) is 26.0 Å². The first-order valence-corrected chi connectivity index (χ1v) is 6.55. The van der Waals surface area contributed by atoms with Crippen LogP contribution in [0.3, 0.4) is 0 Å². The minimum atomic E-state index is 0.912. The molecule has 0 heteroatoms. The van der Waals surface area contributed by atoms with Crippen LogP contribution < -0.4 is 0 Å². The van der Waals surface area contributed by atoms with Gasteiger partial charge in [-0.1, -0.05) is 51.7 Å². The van der Waals surface area contributed by atoms with Crippen molar-refractivity contribution in [3.63, 3.8) is 0 Å². The zero-order chi connectivity index (χ0) is 10.2. The van der Waals surface area contributed by atoms with Gasteiger partial charge in [-0.2, -0.15) is 0 Å². The largest absolute Gasteiger partial charge is 0.0882 e. The van der Waals surface area contributed by atoms with Gasteiger partial charge in [0.15, 0.2) is 0 Å². The molecule has 0 heterocycles. The van der Waals surface area contributed by atoms with Crippen molar-refractivity contribution >= 4 is 0 Å². The molecule has 0 bridgehead atoms. The molecule has 0 aromatic carbocycles. The maximum atomic E-state index is 2.50. The van der Waals surface area contributed by atoms with E-state index in [0.29, 0.717) is 0 Å². The summed E-state index contributed by atoms with van der Waals surface area (Å²) in [5.74, 6) is 1.92. The minimum absolute atomic E-state index is 0.912. The third-order valence-corrected chi connectivity index (χ3v) is 3.51. The molecule has 82 valence electrons. The van der Waals surface area contributed by atoms with Gasteiger partial charge in [-0.05, 0) is 37.5 Å². The number of allylic oxidation sites excluding steroid dienone is 2. The van der Waals surface area contributed by atoms with Crippen LogP contribution in [0.2, 0.25) is 0 Å². The summed E-state index contributed by atoms with van der Waals surface area (Å²) in [7, 11) is 0. The minimum Gasteiger partial charge on any atom is -0.0882 e. The molecule has 0 spiro atoms. The van der Waals surface area contributed by atoms with Gasteiger partial charge in [0.2, 0.25) is 0 Å². The van der Waals surface area contributed by atoms with Crippen LogP contribution in [0, 0.1) is 11.8 Å². The molecule has 14 heavy (non-hydrogen) atoms. The van der Waals surface area contributed by atoms with Gasteiger partial charge in [0.05, 0.1) is 0 Å². The maximum absolute atomic E-state index is 2.50. The Bertz CT molecular complexity index is 157. The van der Waals surface area contributed by atoms with Crippen LogP contribution in [0.1, 0.15) is 65.2 Å². The van der Waals surface area contributed by atoms with Crippen molar-refractivity contribution in [2.75, 3.05) is 0 Å². The lowest BCUT2D eigenvalue weighted by Crippen LogP contribution is -2.15. The normalized spacial score (nSPS) is 26.7. The van der Waals surface area contributed by atoms with E-state index in [9.17, 15) is 0 Å². The Morgan fingerprint density at radius 3 is 2.50 bits per heavy atom. The molecule has 0 nitrogen and oxygen atoms in total. The molecule has 0 aromatic rings. The van der Waals surface area contributed by atoms with Crippen molar-refractivity contribution in [2.24, 2.45) is 11.8 Å². The van der Waals surface area contributed by atoms with Gasteiger partial charge >= 0.3 is 0 Å². The van der Waals surface area contributed by atoms with Crippen LogP contribution in [0.25, 0.3) is 0 Å². The SMILES string of the molecule is CCCCC1C=CCCC1CCCC. The molecular weight excluding hydrogens is 168 g/mol. The summed E-state index contributed by atoms with van der Waals surface area (Å²) >= 11 is 0. The molecule has 0 aromatic heterocycles. The second-order valence-corrected chi connectivity index (χ2v) is 4.71. The van der Waals surface area contributed by atoms with E-state index >= 15 is 0 Å². The van der Waals surface area contributed by atoms with Gasteiger partial charge in [-0.3, -0.25) is 0 Å². The number of hydrogen-bond acceptors (Lipinski definition) is 0. The van der Waals surface area contributed by atoms with Crippen molar-refractivity contribution in [3.05, 3.63) is 12.2 Å². The summed E-state index contributed by atoms with van der Waals surface area (Å²) in [5, 5.41) is 0. The van der Waals surface area contributed by atoms with E-state index in [0.717, 1.165) is 11.8 Å². The Morgan fingerprint density at radius 2 is 1.79 bits per heavy atom. The van der Waals surface area contributed by atoms with Gasteiger partial charge < -0.3 is 0 Å². The van der Waals surface area contributed by atoms with Crippen LogP contribution >= 0.6 is 0 Å². The predicted molar refractivity (Wildman–Crippen MR) is 64.4 cm³/mol. The first kappa shape index (κ1) is 11.8. The highest BCUT2D eigenvalue weighted by molar-refractivity contribution is 4.96. The molecule has 0 radical (unpaired) electrons. The number of rotatable bonds is 6. The van der Waals surface area contributed by atoms with E-state index < -0.39 is 0 Å². The van der Waals surface area contributed by atoms with E-state index in [1.165, 1.54) is 51.4 Å². The van der Waals surface area contributed by atoms with E-state index in [4.69, 9.17) is 0 Å². The summed E-state index contributed by atoms with van der Waals surface area (Å²) in [6, 6.07) is 0. The molecule has 2 atom stereocenters. The molecule has 0 saturated heterocycles. The highest BCUT2D eigenvalue weighted by atomic mass is 14.2. The lowest BCUT2D eigenvalue weighted by atomic mass is 9.78. The summed E-state index contributed by atoms with van der Waals surface area (Å²) in [6.07, 6.45) is 16.1. The Labute approximate surface area is 89.8 Å². The molecule has 0 amide bonds. The molecule has 0 fully saturated rings. The van der Waals surface area contributed by atoms with Crippen LogP contribution in [0.4, 0.5) is 0 Å². The van der Waals surface area contributed by atoms with E-state index in [1.54, 1.807) is 0 Å². The average molecular weight is 194 g/mol. The first-order valence-electron chi connectivity index (χ1n) is 6.55. The second-order valence-electron chi connectivity index (χ2n) is 4.71. The van der Waals surface area contributed by atoms with Gasteiger partial charge in [-0.15, -0.1) is 0 Å². The monoisotopic (exact) mass is 194 g/mol. The lowest BCUT2D eigenvalue weighted by molar-refractivity contribution is 0.305. The van der Waals surface area contributed by atoms with Gasteiger partial charge in [0.1, 0.15) is 0 Å². The van der Waals surface area contributed by atoms with Crippen molar-refractivity contribution in [3.8, 4) is 0 Å². The molecule has 1 aliphatic rings. The molecule has 1 aliphatic carbocycles. The molecule has 1 rings (SSSR count). The second kappa shape index (κ2) is 7.09. The summed E-state index contributed by atoms with van der Waals surface area (Å²) in [6.45, 7) is 4.60. The fraction of sp³-hybridized carbons (Fsp3) is 0.857. The Kier molecular flexibility index (Phi) is 5.98. The van der Waals surface area contributed by atoms with Crippen molar-refractivity contribution in [1.29, 1.82) is 0 Å². The number of hydrogen-bond donors (Lipinski definition) is 0. The first-order chi connectivity index (χ1) is 6.88. The summed E-state index contributed by atoms with van der Waals surface area (Å²) < 4.78 is 0. The Morgan fingerprint density at radius 1 is 1.07 bits per heavy atom. The number of unbranched alkanes of at least 4 members (excludes halogenated alkanes) is 2. The van der Waals surface area contributed by atoms with E-state index in [-0.39, 0.29) is 0 Å². The fourth-order valence-corrected chi connectivity index (χ4v) is 2.55. The third kappa shape index (κ3) is 3.86. The molecular formula is C14H26. The molecule has 0 saturated carbocycles. The fourth-order valence-electron chi connectivity index (χ4n) is 2.55.